The summed E-state index contributed by atoms with van der Waals surface area (Å²) in [5.41, 5.74) is 1.69. The molecule has 1 aromatic heterocycles. The van der Waals surface area contributed by atoms with E-state index in [1.54, 1.807) is 4.90 Å². The Balaban J connectivity index is 1.80. The van der Waals surface area contributed by atoms with Crippen LogP contribution < -0.4 is 0 Å². The zero-order chi connectivity index (χ0) is 15.5. The van der Waals surface area contributed by atoms with Gasteiger partial charge in [0.2, 0.25) is 0 Å². The second-order valence-electron chi connectivity index (χ2n) is 5.56. The number of rotatable bonds is 4. The van der Waals surface area contributed by atoms with E-state index in [0.717, 1.165) is 28.7 Å². The van der Waals surface area contributed by atoms with Gasteiger partial charge in [-0.3, -0.25) is 4.79 Å². The molecule has 1 atom stereocenters. The third-order valence-corrected chi connectivity index (χ3v) is 4.57. The normalized spacial score (nSPS) is 17.6. The highest BCUT2D eigenvalue weighted by atomic mass is 127. The minimum atomic E-state index is 0.0272. The molecule has 2 heterocycles. The van der Waals surface area contributed by atoms with Gasteiger partial charge in [0.05, 0.1) is 6.10 Å². The number of carbonyl (C=O) groups is 1. The molecule has 1 aliphatic rings. The summed E-state index contributed by atoms with van der Waals surface area (Å²) in [7, 11) is 1.84. The summed E-state index contributed by atoms with van der Waals surface area (Å²) in [6.07, 6.45) is 4.23. The molecule has 1 aromatic carbocycles. The summed E-state index contributed by atoms with van der Waals surface area (Å²) in [5.74, 6) is 0.0272. The summed E-state index contributed by atoms with van der Waals surface area (Å²) < 4.78 is 8.71. The minimum Gasteiger partial charge on any atom is -0.376 e. The number of ether oxygens (including phenoxy) is 1. The number of hydrogen-bond acceptors (Lipinski definition) is 2. The number of nitrogens with zero attached hydrogens (tertiary/aromatic N) is 2. The Labute approximate surface area is 144 Å². The predicted molar refractivity (Wildman–Crippen MR) is 94.4 cm³/mol. The quantitative estimate of drug-likeness (QED) is 0.725. The van der Waals surface area contributed by atoms with Gasteiger partial charge in [0, 0.05) is 35.7 Å². The maximum Gasteiger partial charge on any atom is 0.270 e. The van der Waals surface area contributed by atoms with Gasteiger partial charge in [-0.05, 0) is 65.8 Å². The average molecular weight is 410 g/mol. The lowest BCUT2D eigenvalue weighted by atomic mass is 10.2. The van der Waals surface area contributed by atoms with E-state index < -0.39 is 0 Å². The molecule has 0 saturated carbocycles. The van der Waals surface area contributed by atoms with E-state index in [9.17, 15) is 4.79 Å². The van der Waals surface area contributed by atoms with E-state index in [4.69, 9.17) is 4.74 Å². The zero-order valence-corrected chi connectivity index (χ0v) is 14.7. The first-order chi connectivity index (χ1) is 10.6. The van der Waals surface area contributed by atoms with Crippen LogP contribution in [0.1, 0.15) is 23.3 Å². The van der Waals surface area contributed by atoms with Crippen molar-refractivity contribution in [3.63, 3.8) is 0 Å². The van der Waals surface area contributed by atoms with Gasteiger partial charge in [-0.1, -0.05) is 6.07 Å². The van der Waals surface area contributed by atoms with E-state index in [-0.39, 0.29) is 12.0 Å². The molecule has 4 nitrogen and oxygen atoms in total. The summed E-state index contributed by atoms with van der Waals surface area (Å²) in [5, 5.41) is 0. The van der Waals surface area contributed by atoms with Crippen LogP contribution in [0, 0.1) is 3.57 Å². The minimum absolute atomic E-state index is 0.0272. The molecule has 1 fully saturated rings. The lowest BCUT2D eigenvalue weighted by Crippen LogP contribution is -2.35. The summed E-state index contributed by atoms with van der Waals surface area (Å²) in [4.78, 5) is 14.5. The van der Waals surface area contributed by atoms with E-state index in [0.29, 0.717) is 12.2 Å². The van der Waals surface area contributed by atoms with Crippen LogP contribution in [-0.2, 0) is 4.74 Å². The molecule has 1 aliphatic heterocycles. The Hall–Kier alpha value is -1.34. The average Bonchev–Trinajstić information content (AvgIpc) is 3.17. The topological polar surface area (TPSA) is 34.5 Å². The maximum absolute atomic E-state index is 12.7. The summed E-state index contributed by atoms with van der Waals surface area (Å²) in [6, 6.07) is 11.9. The molecule has 1 unspecified atom stereocenters. The van der Waals surface area contributed by atoms with Crippen molar-refractivity contribution in [1.29, 1.82) is 0 Å². The Kier molecular flexibility index (Phi) is 4.83. The van der Waals surface area contributed by atoms with Crippen molar-refractivity contribution >= 4 is 28.5 Å². The van der Waals surface area contributed by atoms with Crippen molar-refractivity contribution in [3.8, 4) is 5.69 Å². The first-order valence-electron chi connectivity index (χ1n) is 7.45. The van der Waals surface area contributed by atoms with Crippen LogP contribution in [0.25, 0.3) is 5.69 Å². The van der Waals surface area contributed by atoms with Crippen LogP contribution in [0.15, 0.2) is 42.6 Å². The fraction of sp³-hybridized carbons (Fsp3) is 0.353. The van der Waals surface area contributed by atoms with Crippen LogP contribution in [0.3, 0.4) is 0 Å². The standard InChI is InChI=1S/C17H19IN2O2/c1-19(12-15-7-4-10-22-15)17(21)16-8-3-9-20(16)14-6-2-5-13(18)11-14/h2-3,5-6,8-9,11,15H,4,7,10,12H2,1H3. The van der Waals surface area contributed by atoms with Crippen molar-refractivity contribution in [2.45, 2.75) is 18.9 Å². The first-order valence-corrected chi connectivity index (χ1v) is 8.53. The fourth-order valence-electron chi connectivity index (χ4n) is 2.78. The molecular formula is C17H19IN2O2. The van der Waals surface area contributed by atoms with E-state index in [1.807, 2.05) is 48.1 Å². The fourth-order valence-corrected chi connectivity index (χ4v) is 3.31. The molecule has 0 spiro atoms. The Morgan fingerprint density at radius 3 is 3.00 bits per heavy atom. The molecule has 0 radical (unpaired) electrons. The van der Waals surface area contributed by atoms with Crippen LogP contribution in [-0.4, -0.2) is 41.7 Å². The summed E-state index contributed by atoms with van der Waals surface area (Å²) in [6.45, 7) is 1.46. The third-order valence-electron chi connectivity index (χ3n) is 3.90. The lowest BCUT2D eigenvalue weighted by molar-refractivity contribution is 0.0581. The van der Waals surface area contributed by atoms with E-state index in [1.165, 1.54) is 0 Å². The number of hydrogen-bond donors (Lipinski definition) is 0. The maximum atomic E-state index is 12.7. The molecule has 0 bridgehead atoms. The van der Waals surface area contributed by atoms with Gasteiger partial charge in [-0.25, -0.2) is 0 Å². The smallest absolute Gasteiger partial charge is 0.270 e. The molecule has 22 heavy (non-hydrogen) atoms. The predicted octanol–water partition coefficient (Wildman–Crippen LogP) is 3.33. The van der Waals surface area contributed by atoms with Gasteiger partial charge < -0.3 is 14.2 Å². The highest BCUT2D eigenvalue weighted by Crippen LogP contribution is 2.18. The second kappa shape index (κ2) is 6.83. The van der Waals surface area contributed by atoms with Crippen molar-refractivity contribution < 1.29 is 9.53 Å². The number of aromatic nitrogens is 1. The van der Waals surface area contributed by atoms with Gasteiger partial charge in [0.15, 0.2) is 0 Å². The van der Waals surface area contributed by atoms with Gasteiger partial charge in [0.25, 0.3) is 5.91 Å². The lowest BCUT2D eigenvalue weighted by Gasteiger charge is -2.21. The van der Waals surface area contributed by atoms with Crippen molar-refractivity contribution in [1.82, 2.24) is 9.47 Å². The molecule has 1 saturated heterocycles. The van der Waals surface area contributed by atoms with Gasteiger partial charge in [-0.2, -0.15) is 0 Å². The number of halogens is 1. The molecule has 5 heteroatoms. The van der Waals surface area contributed by atoms with Crippen molar-refractivity contribution in [3.05, 3.63) is 51.9 Å². The van der Waals surface area contributed by atoms with Gasteiger partial charge in [-0.15, -0.1) is 0 Å². The number of carbonyl (C=O) groups excluding carboxylic acids is 1. The van der Waals surface area contributed by atoms with Crippen LogP contribution in [0.4, 0.5) is 0 Å². The SMILES string of the molecule is CN(CC1CCCO1)C(=O)c1cccn1-c1cccc(I)c1. The first kappa shape index (κ1) is 15.6. The Bertz CT molecular complexity index is 662. The van der Waals surface area contributed by atoms with Crippen LogP contribution in [0.5, 0.6) is 0 Å². The van der Waals surface area contributed by atoms with Crippen LogP contribution in [0.2, 0.25) is 0 Å². The number of amides is 1. The molecule has 0 N–H and O–H groups in total. The Morgan fingerprint density at radius 1 is 1.41 bits per heavy atom. The molecule has 3 rings (SSSR count). The zero-order valence-electron chi connectivity index (χ0n) is 12.5. The highest BCUT2D eigenvalue weighted by molar-refractivity contribution is 14.1. The van der Waals surface area contributed by atoms with Crippen molar-refractivity contribution in [2.75, 3.05) is 20.2 Å². The number of benzene rings is 1. The summed E-state index contributed by atoms with van der Waals surface area (Å²) >= 11 is 2.28. The van der Waals surface area contributed by atoms with E-state index >= 15 is 0 Å². The molecule has 0 aliphatic carbocycles. The van der Waals surface area contributed by atoms with Crippen molar-refractivity contribution in [2.24, 2.45) is 0 Å². The van der Waals surface area contributed by atoms with E-state index in [2.05, 4.69) is 28.7 Å². The van der Waals surface area contributed by atoms with Gasteiger partial charge in [0.1, 0.15) is 5.69 Å². The second-order valence-corrected chi connectivity index (χ2v) is 6.81. The monoisotopic (exact) mass is 410 g/mol. The molecule has 116 valence electrons. The molecule has 1 amide bonds. The van der Waals surface area contributed by atoms with Crippen LogP contribution >= 0.6 is 22.6 Å². The largest absolute Gasteiger partial charge is 0.376 e. The highest BCUT2D eigenvalue weighted by Gasteiger charge is 2.22. The Morgan fingerprint density at radius 2 is 2.27 bits per heavy atom. The molecular weight excluding hydrogens is 391 g/mol. The van der Waals surface area contributed by atoms with Gasteiger partial charge >= 0.3 is 0 Å². The third kappa shape index (κ3) is 3.35. The molecule has 2 aromatic rings. The number of likely N-dealkylation sites (N-methyl/N-ethyl adjacent to an activating group) is 1.